The van der Waals surface area contributed by atoms with Crippen LogP contribution in [0.1, 0.15) is 34.8 Å². The highest BCUT2D eigenvalue weighted by Gasteiger charge is 2.31. The van der Waals surface area contributed by atoms with Crippen molar-refractivity contribution in [3.8, 4) is 10.8 Å². The van der Waals surface area contributed by atoms with Crippen molar-refractivity contribution in [1.29, 1.82) is 0 Å². The van der Waals surface area contributed by atoms with Gasteiger partial charge in [0.15, 0.2) is 10.8 Å². The monoisotopic (exact) mass is 373 g/mol. The highest BCUT2D eigenvalue weighted by molar-refractivity contribution is 7.09. The summed E-state index contributed by atoms with van der Waals surface area (Å²) >= 11 is 7.26. The second-order valence-corrected chi connectivity index (χ2v) is 7.17. The molecule has 3 aromatic rings. The van der Waals surface area contributed by atoms with E-state index >= 15 is 0 Å². The van der Waals surface area contributed by atoms with Crippen molar-refractivity contribution in [1.82, 2.24) is 23.8 Å². The van der Waals surface area contributed by atoms with Crippen molar-refractivity contribution in [2.24, 2.45) is 0 Å². The number of imidazole rings is 1. The molecule has 0 spiro atoms. The topological polar surface area (TPSA) is 63.9 Å². The van der Waals surface area contributed by atoms with Gasteiger partial charge >= 0.3 is 0 Å². The van der Waals surface area contributed by atoms with E-state index in [1.54, 1.807) is 24.3 Å². The molecular weight excluding hydrogens is 358 g/mol. The number of hydrogen-bond donors (Lipinski definition) is 0. The number of nitrogens with zero attached hydrogens (tertiary/aromatic N) is 5. The molecule has 128 valence electrons. The van der Waals surface area contributed by atoms with Gasteiger partial charge in [0.2, 0.25) is 0 Å². The van der Waals surface area contributed by atoms with Crippen molar-refractivity contribution in [2.75, 3.05) is 6.54 Å². The lowest BCUT2D eigenvalue weighted by Gasteiger charge is -2.35. The van der Waals surface area contributed by atoms with E-state index in [1.807, 2.05) is 24.9 Å². The molecule has 1 unspecified atom stereocenters. The maximum absolute atomic E-state index is 12.8. The van der Waals surface area contributed by atoms with Gasteiger partial charge in [-0.25, -0.2) is 9.97 Å². The smallest absolute Gasteiger partial charge is 0.254 e. The molecule has 0 radical (unpaired) electrons. The van der Waals surface area contributed by atoms with Crippen molar-refractivity contribution in [3.63, 3.8) is 0 Å². The molecule has 6 nitrogen and oxygen atoms in total. The molecule has 3 heterocycles. The molecule has 25 heavy (non-hydrogen) atoms. The van der Waals surface area contributed by atoms with E-state index in [-0.39, 0.29) is 11.9 Å². The van der Waals surface area contributed by atoms with Crippen LogP contribution in [0.3, 0.4) is 0 Å². The summed E-state index contributed by atoms with van der Waals surface area (Å²) in [6, 6.07) is 6.94. The van der Waals surface area contributed by atoms with Crippen molar-refractivity contribution >= 4 is 29.0 Å². The third-order valence-corrected chi connectivity index (χ3v) is 5.47. The minimum absolute atomic E-state index is 0.00456. The highest BCUT2D eigenvalue weighted by Crippen LogP contribution is 2.31. The number of aryl methyl sites for hydroxylation is 1. The van der Waals surface area contributed by atoms with Crippen LogP contribution in [0, 0.1) is 6.92 Å². The molecular formula is C17H16ClN5OS. The fraction of sp³-hybridized carbons (Fsp3) is 0.294. The van der Waals surface area contributed by atoms with E-state index in [0.29, 0.717) is 23.7 Å². The maximum atomic E-state index is 12.8. The Balaban J connectivity index is 1.63. The van der Waals surface area contributed by atoms with Gasteiger partial charge in [0.1, 0.15) is 5.82 Å². The number of benzene rings is 1. The molecule has 8 heteroatoms. The van der Waals surface area contributed by atoms with Gasteiger partial charge in [-0.15, -0.1) is 0 Å². The SMILES string of the molecule is Cc1nsc(-c2ncc3n2CCN(C(=O)c2ccc(Cl)cc2)C3C)n1. The second-order valence-electron chi connectivity index (χ2n) is 5.99. The molecule has 1 aliphatic heterocycles. The first kappa shape index (κ1) is 16.2. The maximum Gasteiger partial charge on any atom is 0.254 e. The summed E-state index contributed by atoms with van der Waals surface area (Å²) in [6.07, 6.45) is 1.83. The largest absolute Gasteiger partial charge is 0.329 e. The molecule has 0 fully saturated rings. The number of fused-ring (bicyclic) bond motifs is 1. The molecule has 0 bridgehead atoms. The second kappa shape index (κ2) is 6.24. The summed E-state index contributed by atoms with van der Waals surface area (Å²) in [6.45, 7) is 5.20. The molecule has 0 aliphatic carbocycles. The zero-order chi connectivity index (χ0) is 17.6. The van der Waals surface area contributed by atoms with E-state index in [9.17, 15) is 4.79 Å². The van der Waals surface area contributed by atoms with Crippen LogP contribution in [0.5, 0.6) is 0 Å². The van der Waals surface area contributed by atoms with Crippen LogP contribution in [0.4, 0.5) is 0 Å². The summed E-state index contributed by atoms with van der Waals surface area (Å²) in [7, 11) is 0. The Morgan fingerprint density at radius 1 is 1.28 bits per heavy atom. The summed E-state index contributed by atoms with van der Waals surface area (Å²) < 4.78 is 6.37. The molecule has 1 aromatic carbocycles. The Hall–Kier alpha value is -2.25. The summed E-state index contributed by atoms with van der Waals surface area (Å²) in [4.78, 5) is 23.7. The van der Waals surface area contributed by atoms with Crippen molar-refractivity contribution < 1.29 is 4.79 Å². The Bertz CT molecular complexity index is 933. The molecule has 4 rings (SSSR count). The van der Waals surface area contributed by atoms with Crippen LogP contribution in [-0.4, -0.2) is 36.3 Å². The zero-order valence-corrected chi connectivity index (χ0v) is 15.4. The first-order chi connectivity index (χ1) is 12.0. The lowest BCUT2D eigenvalue weighted by Crippen LogP contribution is -2.41. The number of rotatable bonds is 2. The van der Waals surface area contributed by atoms with Crippen LogP contribution in [-0.2, 0) is 6.54 Å². The van der Waals surface area contributed by atoms with Gasteiger partial charge in [-0.2, -0.15) is 4.37 Å². The molecule has 1 amide bonds. The third-order valence-electron chi connectivity index (χ3n) is 4.42. The number of carbonyl (C=O) groups is 1. The van der Waals surface area contributed by atoms with E-state index in [2.05, 4.69) is 18.9 Å². The number of amides is 1. The first-order valence-corrected chi connectivity index (χ1v) is 9.12. The average molecular weight is 374 g/mol. The number of aromatic nitrogens is 4. The van der Waals surface area contributed by atoms with Gasteiger partial charge in [-0.3, -0.25) is 4.79 Å². The Labute approximate surface area is 154 Å². The fourth-order valence-electron chi connectivity index (χ4n) is 3.11. The Morgan fingerprint density at radius 2 is 2.04 bits per heavy atom. The molecule has 0 N–H and O–H groups in total. The number of hydrogen-bond acceptors (Lipinski definition) is 5. The van der Waals surface area contributed by atoms with Gasteiger partial charge < -0.3 is 9.47 Å². The van der Waals surface area contributed by atoms with Crippen LogP contribution in [0.15, 0.2) is 30.5 Å². The lowest BCUT2D eigenvalue weighted by atomic mass is 10.1. The van der Waals surface area contributed by atoms with Crippen molar-refractivity contribution in [2.45, 2.75) is 26.4 Å². The van der Waals surface area contributed by atoms with Crippen molar-refractivity contribution in [3.05, 3.63) is 52.6 Å². The first-order valence-electron chi connectivity index (χ1n) is 7.97. The number of halogens is 1. The lowest BCUT2D eigenvalue weighted by molar-refractivity contribution is 0.0645. The Kier molecular flexibility index (Phi) is 4.05. The van der Waals surface area contributed by atoms with E-state index < -0.39 is 0 Å². The van der Waals surface area contributed by atoms with Gasteiger partial charge in [0.05, 0.1) is 17.9 Å². The average Bonchev–Trinajstić information content (AvgIpc) is 3.21. The van der Waals surface area contributed by atoms with Gasteiger partial charge in [-0.1, -0.05) is 11.6 Å². The fourth-order valence-corrected chi connectivity index (χ4v) is 3.92. The van der Waals surface area contributed by atoms with E-state index in [4.69, 9.17) is 11.6 Å². The van der Waals surface area contributed by atoms with Crippen LogP contribution < -0.4 is 0 Å². The summed E-state index contributed by atoms with van der Waals surface area (Å²) in [5.41, 5.74) is 1.65. The normalized spacial score (nSPS) is 16.8. The Morgan fingerprint density at radius 3 is 2.72 bits per heavy atom. The summed E-state index contributed by atoms with van der Waals surface area (Å²) in [5, 5.41) is 1.44. The van der Waals surface area contributed by atoms with Crippen LogP contribution in [0.25, 0.3) is 10.8 Å². The zero-order valence-electron chi connectivity index (χ0n) is 13.8. The van der Waals surface area contributed by atoms with Gasteiger partial charge in [-0.05, 0) is 49.6 Å². The van der Waals surface area contributed by atoms with E-state index in [1.165, 1.54) is 11.5 Å². The minimum Gasteiger partial charge on any atom is -0.329 e. The molecule has 2 aromatic heterocycles. The molecule has 1 atom stereocenters. The quantitative estimate of drug-likeness (QED) is 0.688. The minimum atomic E-state index is -0.0628. The highest BCUT2D eigenvalue weighted by atomic mass is 35.5. The van der Waals surface area contributed by atoms with Gasteiger partial charge in [0, 0.05) is 23.7 Å². The van der Waals surface area contributed by atoms with E-state index in [0.717, 1.165) is 22.4 Å². The third kappa shape index (κ3) is 2.83. The summed E-state index contributed by atoms with van der Waals surface area (Å²) in [5.74, 6) is 1.58. The van der Waals surface area contributed by atoms with Crippen LogP contribution >= 0.6 is 23.1 Å². The molecule has 0 saturated heterocycles. The van der Waals surface area contributed by atoms with Gasteiger partial charge in [0.25, 0.3) is 5.91 Å². The number of carbonyl (C=O) groups excluding carboxylic acids is 1. The van der Waals surface area contributed by atoms with Crippen LogP contribution in [0.2, 0.25) is 5.02 Å². The molecule has 0 saturated carbocycles. The molecule has 1 aliphatic rings. The standard InChI is InChI=1S/C17H16ClN5OS/c1-10-14-9-19-15(16-20-11(2)21-25-16)23(14)8-7-22(10)17(24)12-3-5-13(18)6-4-12/h3-6,9-10H,7-8H2,1-2H3. The predicted molar refractivity (Wildman–Crippen MR) is 96.8 cm³/mol. The predicted octanol–water partition coefficient (Wildman–Crippen LogP) is 3.58.